The molecule has 1 aliphatic rings. The van der Waals surface area contributed by atoms with Crippen molar-refractivity contribution in [2.24, 2.45) is 0 Å². The van der Waals surface area contributed by atoms with E-state index in [1.165, 1.54) is 22.9 Å². The number of para-hydroxylation sites is 1. The highest BCUT2D eigenvalue weighted by Gasteiger charge is 2.35. The van der Waals surface area contributed by atoms with Gasteiger partial charge in [0.25, 0.3) is 5.91 Å². The molecule has 1 unspecified atom stereocenters. The zero-order chi connectivity index (χ0) is 34.8. The fourth-order valence-corrected chi connectivity index (χ4v) is 7.51. The third kappa shape index (κ3) is 7.37. The van der Waals surface area contributed by atoms with Crippen LogP contribution in [0.25, 0.3) is 0 Å². The number of benzene rings is 4. The molecule has 0 radical (unpaired) electrons. The Bertz CT molecular complexity index is 2100. The number of nitrogens with one attached hydrogen (secondary N) is 2. The molecule has 1 aromatic heterocycles. The number of rotatable bonds is 10. The van der Waals surface area contributed by atoms with Gasteiger partial charge < -0.3 is 20.1 Å². The molecule has 0 spiro atoms. The summed E-state index contributed by atoms with van der Waals surface area (Å²) in [4.78, 5) is 19.0. The predicted octanol–water partition coefficient (Wildman–Crippen LogP) is 9.74. The van der Waals surface area contributed by atoms with Crippen LogP contribution in [0.2, 0.25) is 5.02 Å². The number of thioether (sulfide) groups is 1. The number of allylic oxidation sites excluding steroid dienone is 1. The highest BCUT2D eigenvalue weighted by atomic mass is 79.9. The van der Waals surface area contributed by atoms with E-state index in [9.17, 15) is 4.79 Å². The number of carbonyl (C=O) groups excluding carboxylic acids is 1. The number of aromatic nitrogens is 3. The number of aryl methyl sites for hydroxylation is 4. The van der Waals surface area contributed by atoms with Crippen molar-refractivity contribution in [3.8, 4) is 11.5 Å². The summed E-state index contributed by atoms with van der Waals surface area (Å²) in [5.74, 6) is 1.95. The average molecular weight is 759 g/mol. The second-order valence-electron chi connectivity index (χ2n) is 12.1. The second kappa shape index (κ2) is 14.7. The first-order chi connectivity index (χ1) is 23.5. The Balaban J connectivity index is 1.38. The van der Waals surface area contributed by atoms with Gasteiger partial charge in [0.05, 0.1) is 17.2 Å². The Morgan fingerprint density at radius 3 is 2.45 bits per heavy atom. The van der Waals surface area contributed by atoms with E-state index in [1.807, 2.05) is 74.5 Å². The molecule has 11 heteroatoms. The lowest BCUT2D eigenvalue weighted by Gasteiger charge is -2.29. The van der Waals surface area contributed by atoms with E-state index in [1.54, 1.807) is 11.8 Å². The van der Waals surface area contributed by atoms with E-state index in [4.69, 9.17) is 31.2 Å². The summed E-state index contributed by atoms with van der Waals surface area (Å²) in [5, 5.41) is 12.6. The van der Waals surface area contributed by atoms with E-state index in [0.29, 0.717) is 55.7 Å². The fraction of sp³-hybridized carbons (Fsp3) is 0.237. The number of anilines is 2. The first kappa shape index (κ1) is 34.6. The van der Waals surface area contributed by atoms with Gasteiger partial charge in [0, 0.05) is 22.2 Å². The summed E-state index contributed by atoms with van der Waals surface area (Å²) in [7, 11) is 1.61. The number of hydrogen-bond acceptors (Lipinski definition) is 7. The molecule has 0 saturated carbocycles. The van der Waals surface area contributed by atoms with Gasteiger partial charge in [-0.05, 0) is 114 Å². The normalized spacial score (nSPS) is 13.9. The van der Waals surface area contributed by atoms with Crippen molar-refractivity contribution < 1.29 is 14.3 Å². The minimum atomic E-state index is -0.635. The summed E-state index contributed by atoms with van der Waals surface area (Å²) < 4.78 is 14.7. The minimum absolute atomic E-state index is 0.253. The van der Waals surface area contributed by atoms with Crippen LogP contribution in [0.4, 0.5) is 11.6 Å². The quantitative estimate of drug-likeness (QED) is 0.137. The lowest BCUT2D eigenvalue weighted by Crippen LogP contribution is -2.31. The van der Waals surface area contributed by atoms with Gasteiger partial charge in [0.2, 0.25) is 11.1 Å². The van der Waals surface area contributed by atoms with Crippen molar-refractivity contribution in [3.63, 3.8) is 0 Å². The van der Waals surface area contributed by atoms with E-state index in [0.717, 1.165) is 33.5 Å². The van der Waals surface area contributed by atoms with Crippen molar-refractivity contribution in [3.05, 3.63) is 133 Å². The first-order valence-electron chi connectivity index (χ1n) is 15.8. The van der Waals surface area contributed by atoms with Crippen LogP contribution in [-0.2, 0) is 17.2 Å². The Labute approximate surface area is 304 Å². The fourth-order valence-electron chi connectivity index (χ4n) is 5.82. The number of fused-ring (bicyclic) bond motifs is 1. The van der Waals surface area contributed by atoms with Crippen molar-refractivity contribution >= 4 is 56.8 Å². The molecule has 2 heterocycles. The maximum Gasteiger partial charge on any atom is 0.255 e. The van der Waals surface area contributed by atoms with E-state index < -0.39 is 6.04 Å². The number of methoxy groups -OCH3 is 1. The topological polar surface area (TPSA) is 90.3 Å². The van der Waals surface area contributed by atoms with Crippen LogP contribution < -0.4 is 20.1 Å². The number of amides is 1. The summed E-state index contributed by atoms with van der Waals surface area (Å²) in [5.41, 5.74) is 9.32. The molecule has 0 saturated heterocycles. The second-order valence-corrected chi connectivity index (χ2v) is 14.3. The lowest BCUT2D eigenvalue weighted by molar-refractivity contribution is -0.113. The summed E-state index contributed by atoms with van der Waals surface area (Å²) in [6.07, 6.45) is 0. The average Bonchev–Trinajstić information content (AvgIpc) is 3.48. The molecule has 0 aliphatic carbocycles. The van der Waals surface area contributed by atoms with Gasteiger partial charge in [0.15, 0.2) is 11.5 Å². The molecule has 6 rings (SSSR count). The van der Waals surface area contributed by atoms with Crippen LogP contribution >= 0.6 is 39.3 Å². The van der Waals surface area contributed by atoms with Gasteiger partial charge in [0.1, 0.15) is 12.6 Å². The molecule has 8 nitrogen and oxygen atoms in total. The Kier molecular flexibility index (Phi) is 10.4. The van der Waals surface area contributed by atoms with Crippen molar-refractivity contribution in [2.75, 3.05) is 17.7 Å². The predicted molar refractivity (Wildman–Crippen MR) is 201 cm³/mol. The van der Waals surface area contributed by atoms with E-state index in [-0.39, 0.29) is 5.91 Å². The molecule has 252 valence electrons. The standard InChI is InChI=1S/C38H37BrClN5O3S/c1-21-11-7-10-14-31(21)42-36(46)33-25(5)41-37-43-38(49-20-26-12-8-9-13-30(26)40)44-45(37)34(33)27-17-29(39)35(32(18-27)47-6)48-19-28-16-23(3)22(2)15-24(28)4/h7-18,34H,19-20H2,1-6H3,(H,42,46)(H,41,43,44). The van der Waals surface area contributed by atoms with Crippen LogP contribution in [0.5, 0.6) is 11.5 Å². The van der Waals surface area contributed by atoms with Crippen molar-refractivity contribution in [2.45, 2.75) is 58.2 Å². The molecular formula is C38H37BrClN5O3S. The SMILES string of the molecule is COc1cc(C2C(C(=O)Nc3ccccc3C)=C(C)Nc3nc(SCc4ccccc4Cl)nn32)cc(Br)c1OCc1cc(C)c(C)cc1C. The van der Waals surface area contributed by atoms with Crippen LogP contribution in [0, 0.1) is 27.7 Å². The van der Waals surface area contributed by atoms with Crippen molar-refractivity contribution in [1.82, 2.24) is 14.8 Å². The van der Waals surface area contributed by atoms with E-state index >= 15 is 0 Å². The number of hydrogen-bond donors (Lipinski definition) is 2. The molecule has 1 aliphatic heterocycles. The Hall–Kier alpha value is -4.25. The van der Waals surface area contributed by atoms with Gasteiger partial charge >= 0.3 is 0 Å². The Morgan fingerprint density at radius 1 is 0.959 bits per heavy atom. The van der Waals surface area contributed by atoms with Gasteiger partial charge in [-0.1, -0.05) is 71.9 Å². The van der Waals surface area contributed by atoms with Gasteiger partial charge in [-0.15, -0.1) is 5.10 Å². The lowest BCUT2D eigenvalue weighted by atomic mass is 9.94. The van der Waals surface area contributed by atoms with Crippen molar-refractivity contribution in [1.29, 1.82) is 0 Å². The molecule has 1 amide bonds. The molecule has 49 heavy (non-hydrogen) atoms. The summed E-state index contributed by atoms with van der Waals surface area (Å²) in [6, 6.07) is 23.0. The molecular weight excluding hydrogens is 722 g/mol. The first-order valence-corrected chi connectivity index (χ1v) is 17.9. The molecule has 2 N–H and O–H groups in total. The maximum absolute atomic E-state index is 14.2. The third-order valence-corrected chi connectivity index (χ3v) is 10.5. The third-order valence-electron chi connectivity index (χ3n) is 8.68. The van der Waals surface area contributed by atoms with Gasteiger partial charge in [-0.3, -0.25) is 4.79 Å². The largest absolute Gasteiger partial charge is 0.493 e. The van der Waals surface area contributed by atoms with Crippen LogP contribution in [0.15, 0.2) is 93.7 Å². The van der Waals surface area contributed by atoms with Gasteiger partial charge in [-0.2, -0.15) is 4.98 Å². The molecule has 1 atom stereocenters. The summed E-state index contributed by atoms with van der Waals surface area (Å²) in [6.45, 7) is 10.5. The number of nitrogens with zero attached hydrogens (tertiary/aromatic N) is 3. The number of carbonyl (C=O) groups is 1. The van der Waals surface area contributed by atoms with Crippen LogP contribution in [-0.4, -0.2) is 27.8 Å². The molecule has 0 bridgehead atoms. The van der Waals surface area contributed by atoms with Gasteiger partial charge in [-0.25, -0.2) is 4.68 Å². The zero-order valence-corrected chi connectivity index (χ0v) is 31.3. The monoisotopic (exact) mass is 757 g/mol. The van der Waals surface area contributed by atoms with Crippen LogP contribution in [0.1, 0.15) is 51.9 Å². The Morgan fingerprint density at radius 2 is 1.69 bits per heavy atom. The number of ether oxygens (including phenoxy) is 2. The smallest absolute Gasteiger partial charge is 0.255 e. The molecule has 4 aromatic carbocycles. The van der Waals surface area contributed by atoms with Crippen LogP contribution in [0.3, 0.4) is 0 Å². The minimum Gasteiger partial charge on any atom is -0.493 e. The molecule has 5 aromatic rings. The highest BCUT2D eigenvalue weighted by molar-refractivity contribution is 9.10. The van der Waals surface area contributed by atoms with E-state index in [2.05, 4.69) is 59.5 Å². The number of halogens is 2. The maximum atomic E-state index is 14.2. The highest BCUT2D eigenvalue weighted by Crippen LogP contribution is 2.44. The molecule has 0 fully saturated rings. The summed E-state index contributed by atoms with van der Waals surface area (Å²) >= 11 is 11.7. The zero-order valence-electron chi connectivity index (χ0n) is 28.2.